The lowest BCUT2D eigenvalue weighted by Crippen LogP contribution is -2.20. The van der Waals surface area contributed by atoms with Gasteiger partial charge in [0.05, 0.1) is 0 Å². The van der Waals surface area contributed by atoms with Crippen molar-refractivity contribution in [1.82, 2.24) is 15.5 Å². The van der Waals surface area contributed by atoms with E-state index in [1.165, 1.54) is 0 Å². The summed E-state index contributed by atoms with van der Waals surface area (Å²) >= 11 is 3.51. The van der Waals surface area contributed by atoms with Gasteiger partial charge in [-0.3, -0.25) is 0 Å². The van der Waals surface area contributed by atoms with E-state index in [0.717, 1.165) is 28.8 Å². The van der Waals surface area contributed by atoms with E-state index in [9.17, 15) is 0 Å². The Bertz CT molecular complexity index is 586. The van der Waals surface area contributed by atoms with Gasteiger partial charge >= 0.3 is 0 Å². The summed E-state index contributed by atoms with van der Waals surface area (Å²) in [5.74, 6) is 1.93. The third-order valence-electron chi connectivity index (χ3n) is 3.07. The summed E-state index contributed by atoms with van der Waals surface area (Å²) in [6.45, 7) is 7.31. The molecule has 1 aromatic heterocycles. The summed E-state index contributed by atoms with van der Waals surface area (Å²) in [6, 6.07) is 6.21. The molecule has 6 heteroatoms. The minimum absolute atomic E-state index is 0.212. The number of nitrogens with one attached hydrogen (secondary N) is 1. The molecule has 0 aliphatic rings. The Morgan fingerprint density at radius 1 is 1.43 bits per heavy atom. The fraction of sp³-hybridized carbons (Fsp3) is 0.467. The Hall–Kier alpha value is -1.40. The number of benzene rings is 1. The predicted octanol–water partition coefficient (Wildman–Crippen LogP) is 3.78. The van der Waals surface area contributed by atoms with Gasteiger partial charge < -0.3 is 14.6 Å². The molecule has 0 fully saturated rings. The number of aromatic nitrogens is 2. The van der Waals surface area contributed by atoms with Crippen molar-refractivity contribution in [2.75, 3.05) is 6.54 Å². The topological polar surface area (TPSA) is 60.2 Å². The van der Waals surface area contributed by atoms with Gasteiger partial charge in [0.2, 0.25) is 11.7 Å². The van der Waals surface area contributed by atoms with E-state index in [-0.39, 0.29) is 6.04 Å². The van der Waals surface area contributed by atoms with Crippen LogP contribution in [0.2, 0.25) is 0 Å². The van der Waals surface area contributed by atoms with Crippen LogP contribution in [-0.2, 0) is 6.61 Å². The summed E-state index contributed by atoms with van der Waals surface area (Å²) in [5, 5.41) is 7.30. The third-order valence-corrected chi connectivity index (χ3v) is 3.56. The van der Waals surface area contributed by atoms with Crippen LogP contribution in [-0.4, -0.2) is 16.7 Å². The predicted molar refractivity (Wildman–Crippen MR) is 84.2 cm³/mol. The van der Waals surface area contributed by atoms with Gasteiger partial charge in [0.25, 0.3) is 0 Å². The molecule has 2 aromatic rings. The van der Waals surface area contributed by atoms with Crippen molar-refractivity contribution in [2.45, 2.75) is 39.8 Å². The van der Waals surface area contributed by atoms with Gasteiger partial charge in [-0.2, -0.15) is 4.98 Å². The van der Waals surface area contributed by atoms with Gasteiger partial charge in [-0.1, -0.05) is 28.0 Å². The number of halogens is 1. The van der Waals surface area contributed by atoms with Crippen LogP contribution in [0.1, 0.15) is 43.6 Å². The zero-order valence-electron chi connectivity index (χ0n) is 12.5. The van der Waals surface area contributed by atoms with Crippen molar-refractivity contribution < 1.29 is 9.26 Å². The van der Waals surface area contributed by atoms with Gasteiger partial charge in [0.1, 0.15) is 5.75 Å². The molecule has 1 aromatic carbocycles. The second-order valence-electron chi connectivity index (χ2n) is 4.88. The fourth-order valence-electron chi connectivity index (χ4n) is 2.00. The molecule has 0 radical (unpaired) electrons. The Morgan fingerprint density at radius 3 is 2.90 bits per heavy atom. The largest absolute Gasteiger partial charge is 0.485 e. The first-order valence-electron chi connectivity index (χ1n) is 7.05. The molecule has 114 valence electrons. The second-order valence-corrected chi connectivity index (χ2v) is 5.79. The molecule has 0 amide bonds. The van der Waals surface area contributed by atoms with E-state index in [1.807, 2.05) is 12.1 Å². The maximum atomic E-state index is 5.85. The molecule has 1 heterocycles. The molecule has 0 bridgehead atoms. The van der Waals surface area contributed by atoms with Crippen LogP contribution in [0, 0.1) is 6.92 Å². The maximum absolute atomic E-state index is 5.85. The van der Waals surface area contributed by atoms with Crippen molar-refractivity contribution in [3.63, 3.8) is 0 Å². The van der Waals surface area contributed by atoms with Crippen LogP contribution in [0.5, 0.6) is 5.75 Å². The Labute approximate surface area is 133 Å². The van der Waals surface area contributed by atoms with Crippen molar-refractivity contribution in [3.05, 3.63) is 40.0 Å². The molecule has 2 rings (SSSR count). The normalized spacial score (nSPS) is 12.4. The standard InChI is InChI=1S/C15H20BrN3O2/c1-4-7-17-10(2)13-8-12(16)5-6-14(13)20-9-15-18-11(3)21-19-15/h5-6,8,10,17H,4,7,9H2,1-3H3. The SMILES string of the molecule is CCCNC(C)c1cc(Br)ccc1OCc1noc(C)n1. The molecular formula is C15H20BrN3O2. The first kappa shape index (κ1) is 16.0. The third kappa shape index (κ3) is 4.54. The lowest BCUT2D eigenvalue weighted by atomic mass is 10.1. The van der Waals surface area contributed by atoms with Crippen molar-refractivity contribution in [1.29, 1.82) is 0 Å². The molecule has 1 unspecified atom stereocenters. The lowest BCUT2D eigenvalue weighted by molar-refractivity contribution is 0.280. The smallest absolute Gasteiger partial charge is 0.223 e. The van der Waals surface area contributed by atoms with E-state index in [2.05, 4.69) is 51.3 Å². The van der Waals surface area contributed by atoms with Crippen LogP contribution in [0.3, 0.4) is 0 Å². The lowest BCUT2D eigenvalue weighted by Gasteiger charge is -2.18. The quantitative estimate of drug-likeness (QED) is 0.820. The zero-order chi connectivity index (χ0) is 15.2. The second kappa shape index (κ2) is 7.56. The maximum Gasteiger partial charge on any atom is 0.223 e. The molecule has 0 spiro atoms. The van der Waals surface area contributed by atoms with E-state index in [0.29, 0.717) is 18.3 Å². The Kier molecular flexibility index (Phi) is 5.76. The molecular weight excluding hydrogens is 334 g/mol. The van der Waals surface area contributed by atoms with Crippen molar-refractivity contribution in [3.8, 4) is 5.75 Å². The molecule has 1 atom stereocenters. The van der Waals surface area contributed by atoms with Crippen LogP contribution in [0.15, 0.2) is 27.2 Å². The van der Waals surface area contributed by atoms with Gasteiger partial charge in [0, 0.05) is 23.0 Å². The highest BCUT2D eigenvalue weighted by Crippen LogP contribution is 2.29. The number of aryl methyl sites for hydroxylation is 1. The van der Waals surface area contributed by atoms with Gasteiger partial charge in [-0.15, -0.1) is 0 Å². The number of nitrogens with zero attached hydrogens (tertiary/aromatic N) is 2. The number of hydrogen-bond donors (Lipinski definition) is 1. The minimum atomic E-state index is 0.212. The summed E-state index contributed by atoms with van der Waals surface area (Å²) in [5.41, 5.74) is 1.11. The van der Waals surface area contributed by atoms with E-state index in [4.69, 9.17) is 9.26 Å². The van der Waals surface area contributed by atoms with Gasteiger partial charge in [-0.05, 0) is 38.1 Å². The molecule has 0 saturated carbocycles. The monoisotopic (exact) mass is 353 g/mol. The average molecular weight is 354 g/mol. The van der Waals surface area contributed by atoms with Crippen LogP contribution in [0.4, 0.5) is 0 Å². The number of ether oxygens (including phenoxy) is 1. The van der Waals surface area contributed by atoms with Gasteiger partial charge in [-0.25, -0.2) is 0 Å². The van der Waals surface area contributed by atoms with Crippen LogP contribution in [0.25, 0.3) is 0 Å². The first-order valence-corrected chi connectivity index (χ1v) is 7.84. The van der Waals surface area contributed by atoms with Crippen LogP contribution >= 0.6 is 15.9 Å². The van der Waals surface area contributed by atoms with Crippen molar-refractivity contribution >= 4 is 15.9 Å². The van der Waals surface area contributed by atoms with Gasteiger partial charge in [0.15, 0.2) is 6.61 Å². The molecule has 0 aliphatic heterocycles. The Balaban J connectivity index is 2.10. The summed E-state index contributed by atoms with van der Waals surface area (Å²) in [6.07, 6.45) is 1.09. The highest BCUT2D eigenvalue weighted by molar-refractivity contribution is 9.10. The van der Waals surface area contributed by atoms with Crippen molar-refractivity contribution in [2.24, 2.45) is 0 Å². The average Bonchev–Trinajstić information content (AvgIpc) is 2.89. The summed E-state index contributed by atoms with van der Waals surface area (Å²) in [4.78, 5) is 4.14. The number of rotatable bonds is 7. The van der Waals surface area contributed by atoms with E-state index < -0.39 is 0 Å². The fourth-order valence-corrected chi connectivity index (χ4v) is 2.38. The summed E-state index contributed by atoms with van der Waals surface area (Å²) < 4.78 is 11.8. The van der Waals surface area contributed by atoms with E-state index in [1.54, 1.807) is 6.92 Å². The molecule has 0 saturated heterocycles. The molecule has 5 nitrogen and oxygen atoms in total. The zero-order valence-corrected chi connectivity index (χ0v) is 14.1. The molecule has 0 aliphatic carbocycles. The van der Waals surface area contributed by atoms with E-state index >= 15 is 0 Å². The number of hydrogen-bond acceptors (Lipinski definition) is 5. The molecule has 21 heavy (non-hydrogen) atoms. The highest BCUT2D eigenvalue weighted by Gasteiger charge is 2.13. The van der Waals surface area contributed by atoms with Crippen LogP contribution < -0.4 is 10.1 Å². The highest BCUT2D eigenvalue weighted by atomic mass is 79.9. The summed E-state index contributed by atoms with van der Waals surface area (Å²) in [7, 11) is 0. The Morgan fingerprint density at radius 2 is 2.24 bits per heavy atom. The first-order chi connectivity index (χ1) is 10.1. The molecule has 1 N–H and O–H groups in total. The minimum Gasteiger partial charge on any atom is -0.485 e.